The Morgan fingerprint density at radius 1 is 1.00 bits per heavy atom. The van der Waals surface area contributed by atoms with Gasteiger partial charge in [-0.3, -0.25) is 0 Å². The highest BCUT2D eigenvalue weighted by molar-refractivity contribution is 6.28. The molecule has 3 heterocycles. The van der Waals surface area contributed by atoms with Crippen LogP contribution in [0.4, 0.5) is 11.6 Å². The van der Waals surface area contributed by atoms with Gasteiger partial charge in [-0.1, -0.05) is 18.2 Å². The predicted molar refractivity (Wildman–Crippen MR) is 79.1 cm³/mol. The number of para-hydroxylation sites is 1. The minimum absolute atomic E-state index is 0.162. The van der Waals surface area contributed by atoms with Gasteiger partial charge in [0.1, 0.15) is 0 Å². The van der Waals surface area contributed by atoms with E-state index in [2.05, 4.69) is 37.1 Å². The standard InChI is InChI=1S/C14H11ClN6/c15-12-17-13(19-14(18-12)21-8-3-7-16-21)20-9-6-10-4-1-2-5-11(10)20/h1-5,7-8H,6,9H2. The van der Waals surface area contributed by atoms with Gasteiger partial charge in [-0.05, 0) is 35.7 Å². The Morgan fingerprint density at radius 3 is 2.71 bits per heavy atom. The molecule has 0 saturated heterocycles. The third-order valence-corrected chi connectivity index (χ3v) is 3.59. The maximum atomic E-state index is 6.04. The van der Waals surface area contributed by atoms with Crippen LogP contribution < -0.4 is 4.90 Å². The Morgan fingerprint density at radius 2 is 1.86 bits per heavy atom. The maximum absolute atomic E-state index is 6.04. The Hall–Kier alpha value is -2.47. The van der Waals surface area contributed by atoms with E-state index in [4.69, 9.17) is 11.6 Å². The van der Waals surface area contributed by atoms with E-state index >= 15 is 0 Å². The molecule has 0 bridgehead atoms. The summed E-state index contributed by atoms with van der Waals surface area (Å²) >= 11 is 6.04. The highest BCUT2D eigenvalue weighted by atomic mass is 35.5. The van der Waals surface area contributed by atoms with Crippen molar-refractivity contribution in [3.8, 4) is 5.95 Å². The quantitative estimate of drug-likeness (QED) is 0.727. The molecule has 21 heavy (non-hydrogen) atoms. The Bertz CT molecular complexity index is 786. The average molecular weight is 299 g/mol. The number of rotatable bonds is 2. The van der Waals surface area contributed by atoms with Gasteiger partial charge in [0.05, 0.1) is 0 Å². The highest BCUT2D eigenvalue weighted by Gasteiger charge is 2.23. The number of fused-ring (bicyclic) bond motifs is 1. The summed E-state index contributed by atoms with van der Waals surface area (Å²) in [5.74, 6) is 0.963. The third kappa shape index (κ3) is 2.13. The molecule has 0 spiro atoms. The first-order valence-electron chi connectivity index (χ1n) is 6.58. The van der Waals surface area contributed by atoms with Crippen molar-refractivity contribution in [3.05, 3.63) is 53.6 Å². The normalized spacial score (nSPS) is 13.5. The lowest BCUT2D eigenvalue weighted by Gasteiger charge is -2.17. The lowest BCUT2D eigenvalue weighted by atomic mass is 10.2. The maximum Gasteiger partial charge on any atom is 0.256 e. The van der Waals surface area contributed by atoms with Crippen molar-refractivity contribution in [3.63, 3.8) is 0 Å². The second-order valence-electron chi connectivity index (χ2n) is 4.69. The van der Waals surface area contributed by atoms with Gasteiger partial charge in [-0.25, -0.2) is 4.68 Å². The molecule has 1 aromatic carbocycles. The molecular formula is C14H11ClN6. The molecule has 4 rings (SSSR count). The van der Waals surface area contributed by atoms with Gasteiger partial charge in [-0.2, -0.15) is 20.1 Å². The monoisotopic (exact) mass is 298 g/mol. The van der Waals surface area contributed by atoms with Gasteiger partial charge in [-0.15, -0.1) is 0 Å². The second-order valence-corrected chi connectivity index (χ2v) is 5.02. The van der Waals surface area contributed by atoms with Crippen molar-refractivity contribution < 1.29 is 0 Å². The van der Waals surface area contributed by atoms with Crippen LogP contribution in [0, 0.1) is 0 Å². The van der Waals surface area contributed by atoms with Crippen LogP contribution in [0.15, 0.2) is 42.7 Å². The van der Waals surface area contributed by atoms with Crippen LogP contribution in [0.1, 0.15) is 5.56 Å². The van der Waals surface area contributed by atoms with Crippen molar-refractivity contribution in [2.45, 2.75) is 6.42 Å². The van der Waals surface area contributed by atoms with Crippen molar-refractivity contribution in [1.82, 2.24) is 24.7 Å². The van der Waals surface area contributed by atoms with Gasteiger partial charge in [0, 0.05) is 24.6 Å². The number of benzene rings is 1. The Balaban J connectivity index is 1.80. The predicted octanol–water partition coefficient (Wildman–Crippen LogP) is 2.40. The molecule has 6 nitrogen and oxygen atoms in total. The van der Waals surface area contributed by atoms with Crippen LogP contribution >= 0.6 is 11.6 Å². The van der Waals surface area contributed by atoms with Crippen LogP contribution in [0.25, 0.3) is 5.95 Å². The SMILES string of the molecule is Clc1nc(N2CCc3ccccc32)nc(-n2cccn2)n1. The minimum atomic E-state index is 0.162. The largest absolute Gasteiger partial charge is 0.310 e. The van der Waals surface area contributed by atoms with Crippen LogP contribution in [-0.2, 0) is 6.42 Å². The van der Waals surface area contributed by atoms with Gasteiger partial charge in [0.15, 0.2) is 0 Å². The van der Waals surface area contributed by atoms with Gasteiger partial charge < -0.3 is 4.90 Å². The minimum Gasteiger partial charge on any atom is -0.310 e. The first-order chi connectivity index (χ1) is 10.3. The molecule has 0 N–H and O–H groups in total. The number of halogens is 1. The fourth-order valence-electron chi connectivity index (χ4n) is 2.49. The van der Waals surface area contributed by atoms with Crippen molar-refractivity contribution in [2.75, 3.05) is 11.4 Å². The first kappa shape index (κ1) is 12.3. The summed E-state index contributed by atoms with van der Waals surface area (Å²) in [5, 5.41) is 4.29. The number of hydrogen-bond donors (Lipinski definition) is 0. The van der Waals surface area contributed by atoms with E-state index in [0.29, 0.717) is 11.9 Å². The van der Waals surface area contributed by atoms with Crippen LogP contribution in [-0.4, -0.2) is 31.3 Å². The van der Waals surface area contributed by atoms with E-state index < -0.39 is 0 Å². The van der Waals surface area contributed by atoms with Gasteiger partial charge in [0.25, 0.3) is 5.95 Å². The topological polar surface area (TPSA) is 59.7 Å². The zero-order chi connectivity index (χ0) is 14.2. The molecule has 1 aliphatic rings. The summed E-state index contributed by atoms with van der Waals surface area (Å²) in [6, 6.07) is 10.0. The smallest absolute Gasteiger partial charge is 0.256 e. The molecule has 2 aromatic heterocycles. The highest BCUT2D eigenvalue weighted by Crippen LogP contribution is 2.32. The summed E-state index contributed by atoms with van der Waals surface area (Å²) < 4.78 is 1.57. The van der Waals surface area contributed by atoms with E-state index in [1.54, 1.807) is 17.1 Å². The zero-order valence-electron chi connectivity index (χ0n) is 11.0. The van der Waals surface area contributed by atoms with Crippen molar-refractivity contribution in [2.24, 2.45) is 0 Å². The summed E-state index contributed by atoms with van der Waals surface area (Å²) in [6.07, 6.45) is 4.41. The fourth-order valence-corrected chi connectivity index (χ4v) is 2.64. The first-order valence-corrected chi connectivity index (χ1v) is 6.96. The lowest BCUT2D eigenvalue weighted by molar-refractivity contribution is 0.786. The average Bonchev–Trinajstić information content (AvgIpc) is 3.16. The molecule has 0 unspecified atom stereocenters. The molecule has 0 atom stereocenters. The summed E-state index contributed by atoms with van der Waals surface area (Å²) in [5.41, 5.74) is 2.40. The van der Waals surface area contributed by atoms with E-state index in [9.17, 15) is 0 Å². The fraction of sp³-hybridized carbons (Fsp3) is 0.143. The van der Waals surface area contributed by atoms with E-state index in [0.717, 1.165) is 18.7 Å². The number of anilines is 2. The summed E-state index contributed by atoms with van der Waals surface area (Å²) in [6.45, 7) is 0.832. The van der Waals surface area contributed by atoms with E-state index in [1.165, 1.54) is 5.56 Å². The lowest BCUT2D eigenvalue weighted by Crippen LogP contribution is -2.18. The molecule has 0 saturated carbocycles. The summed E-state index contributed by atoms with van der Waals surface area (Å²) in [7, 11) is 0. The van der Waals surface area contributed by atoms with Crippen LogP contribution in [0.3, 0.4) is 0 Å². The molecule has 3 aromatic rings. The molecule has 0 aliphatic carbocycles. The van der Waals surface area contributed by atoms with Gasteiger partial charge >= 0.3 is 0 Å². The molecule has 0 radical (unpaired) electrons. The number of nitrogens with zero attached hydrogens (tertiary/aromatic N) is 6. The van der Waals surface area contributed by atoms with Crippen molar-refractivity contribution >= 4 is 23.2 Å². The molecule has 7 heteroatoms. The van der Waals surface area contributed by atoms with Gasteiger partial charge in [0.2, 0.25) is 11.2 Å². The van der Waals surface area contributed by atoms with Crippen LogP contribution in [0.2, 0.25) is 5.28 Å². The number of aromatic nitrogens is 5. The van der Waals surface area contributed by atoms with E-state index in [-0.39, 0.29) is 5.28 Å². The Kier molecular flexibility index (Phi) is 2.82. The van der Waals surface area contributed by atoms with Crippen LogP contribution in [0.5, 0.6) is 0 Å². The number of hydrogen-bond acceptors (Lipinski definition) is 5. The molecular weight excluding hydrogens is 288 g/mol. The second kappa shape index (κ2) is 4.82. The Labute approximate surface area is 126 Å². The van der Waals surface area contributed by atoms with Crippen molar-refractivity contribution in [1.29, 1.82) is 0 Å². The molecule has 0 amide bonds. The van der Waals surface area contributed by atoms with E-state index in [1.807, 2.05) is 18.2 Å². The zero-order valence-corrected chi connectivity index (χ0v) is 11.8. The molecule has 1 aliphatic heterocycles. The third-order valence-electron chi connectivity index (χ3n) is 3.42. The molecule has 104 valence electrons. The molecule has 0 fully saturated rings. The summed E-state index contributed by atoms with van der Waals surface area (Å²) in [4.78, 5) is 14.9.